The molecular formula is C19H28N2O3. The van der Waals surface area contributed by atoms with Crippen LogP contribution < -0.4 is 5.32 Å². The van der Waals surface area contributed by atoms with Gasteiger partial charge in [-0.3, -0.25) is 4.90 Å². The Hall–Kier alpha value is -1.59. The molecule has 5 nitrogen and oxygen atoms in total. The summed E-state index contributed by atoms with van der Waals surface area (Å²) in [5, 5.41) is 3.62. The SMILES string of the molecule is CC(C)(C)OC(=O)N1CCC2(CCC(c3ccccc3)NC2)OC1. The minimum atomic E-state index is -0.471. The molecule has 5 heteroatoms. The van der Waals surface area contributed by atoms with Crippen LogP contribution in [0.25, 0.3) is 0 Å². The van der Waals surface area contributed by atoms with E-state index in [2.05, 4.69) is 29.6 Å². The summed E-state index contributed by atoms with van der Waals surface area (Å²) in [6.07, 6.45) is 2.63. The fraction of sp³-hybridized carbons (Fsp3) is 0.632. The van der Waals surface area contributed by atoms with Gasteiger partial charge in [-0.15, -0.1) is 0 Å². The summed E-state index contributed by atoms with van der Waals surface area (Å²) in [6.45, 7) is 7.47. The van der Waals surface area contributed by atoms with Crippen LogP contribution in [0.4, 0.5) is 4.79 Å². The van der Waals surface area contributed by atoms with E-state index >= 15 is 0 Å². The van der Waals surface area contributed by atoms with Crippen LogP contribution in [0, 0.1) is 0 Å². The van der Waals surface area contributed by atoms with Gasteiger partial charge in [0.2, 0.25) is 0 Å². The molecule has 1 aromatic carbocycles. The van der Waals surface area contributed by atoms with Crippen molar-refractivity contribution in [1.82, 2.24) is 10.2 Å². The van der Waals surface area contributed by atoms with Crippen molar-refractivity contribution in [2.24, 2.45) is 0 Å². The molecule has 2 heterocycles. The zero-order valence-electron chi connectivity index (χ0n) is 14.9. The van der Waals surface area contributed by atoms with E-state index in [0.717, 1.165) is 25.8 Å². The minimum Gasteiger partial charge on any atom is -0.444 e. The molecule has 2 saturated heterocycles. The number of hydrogen-bond donors (Lipinski definition) is 1. The Balaban J connectivity index is 1.51. The number of carbonyl (C=O) groups is 1. The molecular weight excluding hydrogens is 304 g/mol. The van der Waals surface area contributed by atoms with Gasteiger partial charge >= 0.3 is 6.09 Å². The molecule has 1 amide bonds. The van der Waals surface area contributed by atoms with Gasteiger partial charge in [0.05, 0.1) is 5.60 Å². The number of nitrogens with one attached hydrogen (secondary N) is 1. The second-order valence-corrected chi connectivity index (χ2v) is 7.83. The first kappa shape index (κ1) is 17.2. The number of piperidine rings is 1. The fourth-order valence-corrected chi connectivity index (χ4v) is 3.37. The molecule has 2 fully saturated rings. The molecule has 0 aromatic heterocycles. The number of hydrogen-bond acceptors (Lipinski definition) is 4. The van der Waals surface area contributed by atoms with Crippen molar-refractivity contribution in [3.8, 4) is 0 Å². The topological polar surface area (TPSA) is 50.8 Å². The van der Waals surface area contributed by atoms with Gasteiger partial charge < -0.3 is 14.8 Å². The first-order chi connectivity index (χ1) is 11.4. The summed E-state index contributed by atoms with van der Waals surface area (Å²) in [5.74, 6) is 0. The molecule has 2 aliphatic rings. The molecule has 0 saturated carbocycles. The van der Waals surface area contributed by atoms with Gasteiger partial charge in [0, 0.05) is 19.1 Å². The van der Waals surface area contributed by atoms with E-state index in [-0.39, 0.29) is 11.7 Å². The van der Waals surface area contributed by atoms with Crippen LogP contribution in [0.1, 0.15) is 51.6 Å². The zero-order valence-corrected chi connectivity index (χ0v) is 14.9. The van der Waals surface area contributed by atoms with Crippen molar-refractivity contribution in [2.75, 3.05) is 19.8 Å². The molecule has 1 aromatic rings. The Morgan fingerprint density at radius 1 is 1.29 bits per heavy atom. The Bertz CT molecular complexity index is 550. The Morgan fingerprint density at radius 2 is 2.04 bits per heavy atom. The van der Waals surface area contributed by atoms with E-state index in [9.17, 15) is 4.79 Å². The lowest BCUT2D eigenvalue weighted by molar-refractivity contribution is -0.145. The average Bonchev–Trinajstić information content (AvgIpc) is 2.55. The monoisotopic (exact) mass is 332 g/mol. The van der Waals surface area contributed by atoms with E-state index in [1.165, 1.54) is 5.56 Å². The van der Waals surface area contributed by atoms with E-state index in [4.69, 9.17) is 9.47 Å². The second-order valence-electron chi connectivity index (χ2n) is 7.83. The number of benzene rings is 1. The van der Waals surface area contributed by atoms with Crippen molar-refractivity contribution < 1.29 is 14.3 Å². The summed E-state index contributed by atoms with van der Waals surface area (Å²) in [4.78, 5) is 13.8. The highest BCUT2D eigenvalue weighted by Gasteiger charge is 2.41. The Morgan fingerprint density at radius 3 is 2.58 bits per heavy atom. The normalized spacial score (nSPS) is 28.0. The molecule has 3 rings (SSSR count). The largest absolute Gasteiger partial charge is 0.444 e. The molecule has 2 unspecified atom stereocenters. The van der Waals surface area contributed by atoms with Crippen molar-refractivity contribution in [1.29, 1.82) is 0 Å². The third-order valence-corrected chi connectivity index (χ3v) is 4.78. The van der Waals surface area contributed by atoms with Gasteiger partial charge in [-0.25, -0.2) is 4.79 Å². The van der Waals surface area contributed by atoms with Crippen LogP contribution in [0.2, 0.25) is 0 Å². The first-order valence-electron chi connectivity index (χ1n) is 8.77. The molecule has 1 spiro atoms. The molecule has 0 aliphatic carbocycles. The predicted octanol–water partition coefficient (Wildman–Crippen LogP) is 3.46. The first-order valence-corrected chi connectivity index (χ1v) is 8.77. The van der Waals surface area contributed by atoms with Crippen LogP contribution in [-0.2, 0) is 9.47 Å². The maximum Gasteiger partial charge on any atom is 0.412 e. The highest BCUT2D eigenvalue weighted by atomic mass is 16.6. The standard InChI is InChI=1S/C19H28N2O3/c1-18(2,3)24-17(22)21-12-11-19(23-14-21)10-9-16(20-13-19)15-7-5-4-6-8-15/h4-8,16,20H,9-14H2,1-3H3. The molecule has 2 atom stereocenters. The Kier molecular flexibility index (Phi) is 4.83. The summed E-state index contributed by atoms with van der Waals surface area (Å²) < 4.78 is 11.5. The van der Waals surface area contributed by atoms with Gasteiger partial charge in [0.25, 0.3) is 0 Å². The van der Waals surface area contributed by atoms with Crippen LogP contribution in [-0.4, -0.2) is 42.0 Å². The molecule has 24 heavy (non-hydrogen) atoms. The maximum atomic E-state index is 12.1. The van der Waals surface area contributed by atoms with E-state index in [1.54, 1.807) is 4.90 Å². The van der Waals surface area contributed by atoms with Gasteiger partial charge in [-0.1, -0.05) is 30.3 Å². The summed E-state index contributed by atoms with van der Waals surface area (Å²) in [6, 6.07) is 10.9. The lowest BCUT2D eigenvalue weighted by Crippen LogP contribution is -2.56. The second kappa shape index (κ2) is 6.73. The highest BCUT2D eigenvalue weighted by molar-refractivity contribution is 5.68. The number of ether oxygens (including phenoxy) is 2. The maximum absolute atomic E-state index is 12.1. The van der Waals surface area contributed by atoms with Crippen LogP contribution in [0.5, 0.6) is 0 Å². The van der Waals surface area contributed by atoms with E-state index in [1.807, 2.05) is 26.8 Å². The van der Waals surface area contributed by atoms with Crippen molar-refractivity contribution in [2.45, 2.75) is 57.3 Å². The van der Waals surface area contributed by atoms with E-state index < -0.39 is 5.60 Å². The average molecular weight is 332 g/mol. The number of amides is 1. The minimum absolute atomic E-state index is 0.149. The molecule has 2 aliphatic heterocycles. The van der Waals surface area contributed by atoms with Crippen molar-refractivity contribution >= 4 is 6.09 Å². The van der Waals surface area contributed by atoms with Crippen LogP contribution >= 0.6 is 0 Å². The zero-order chi connectivity index (χ0) is 17.2. The lowest BCUT2D eigenvalue weighted by Gasteiger charge is -2.46. The number of rotatable bonds is 1. The lowest BCUT2D eigenvalue weighted by atomic mass is 9.84. The van der Waals surface area contributed by atoms with Crippen LogP contribution in [0.15, 0.2) is 30.3 Å². The summed E-state index contributed by atoms with van der Waals surface area (Å²) in [5.41, 5.74) is 0.712. The third kappa shape index (κ3) is 4.08. The third-order valence-electron chi connectivity index (χ3n) is 4.78. The van der Waals surface area contributed by atoms with Crippen molar-refractivity contribution in [3.05, 3.63) is 35.9 Å². The van der Waals surface area contributed by atoms with Crippen molar-refractivity contribution in [3.63, 3.8) is 0 Å². The molecule has 0 bridgehead atoms. The summed E-state index contributed by atoms with van der Waals surface area (Å²) in [7, 11) is 0. The van der Waals surface area contributed by atoms with Gasteiger partial charge in [-0.2, -0.15) is 0 Å². The fourth-order valence-electron chi connectivity index (χ4n) is 3.37. The summed E-state index contributed by atoms with van der Waals surface area (Å²) >= 11 is 0. The van der Waals surface area contributed by atoms with Gasteiger partial charge in [0.1, 0.15) is 12.3 Å². The Labute approximate surface area is 144 Å². The molecule has 132 valence electrons. The van der Waals surface area contributed by atoms with Gasteiger partial charge in [-0.05, 0) is 45.6 Å². The van der Waals surface area contributed by atoms with E-state index in [0.29, 0.717) is 19.3 Å². The number of nitrogens with zero attached hydrogens (tertiary/aromatic N) is 1. The highest BCUT2D eigenvalue weighted by Crippen LogP contribution is 2.35. The quantitative estimate of drug-likeness (QED) is 0.855. The predicted molar refractivity (Wildman–Crippen MR) is 92.7 cm³/mol. The smallest absolute Gasteiger partial charge is 0.412 e. The molecule has 1 N–H and O–H groups in total. The number of carbonyl (C=O) groups excluding carboxylic acids is 1. The van der Waals surface area contributed by atoms with Gasteiger partial charge in [0.15, 0.2) is 0 Å². The van der Waals surface area contributed by atoms with Crippen LogP contribution in [0.3, 0.4) is 0 Å². The molecule has 0 radical (unpaired) electrons.